The number of benzene rings is 2. The van der Waals surface area contributed by atoms with Crippen LogP contribution in [-0.4, -0.2) is 12.5 Å². The van der Waals surface area contributed by atoms with Crippen LogP contribution in [0.1, 0.15) is 23.1 Å². The first-order valence-electron chi connectivity index (χ1n) is 7.41. The fourth-order valence-corrected chi connectivity index (χ4v) is 2.38. The molecular formula is C18H21ClN2O. The molecule has 4 heteroatoms. The minimum atomic E-state index is 0.0247. The van der Waals surface area contributed by atoms with Gasteiger partial charge in [-0.3, -0.25) is 4.79 Å². The number of nitrogens with one attached hydrogen (secondary N) is 2. The molecule has 0 atom stereocenters. The van der Waals surface area contributed by atoms with Gasteiger partial charge >= 0.3 is 0 Å². The minimum absolute atomic E-state index is 0.0247. The van der Waals surface area contributed by atoms with Crippen LogP contribution in [-0.2, 0) is 17.9 Å². The Bertz CT molecular complexity index is 628. The predicted molar refractivity (Wildman–Crippen MR) is 90.8 cm³/mol. The van der Waals surface area contributed by atoms with Crippen molar-refractivity contribution >= 4 is 17.5 Å². The van der Waals surface area contributed by atoms with Crippen LogP contribution in [0.15, 0.2) is 48.5 Å². The maximum Gasteiger partial charge on any atom is 0.221 e. The molecule has 0 fully saturated rings. The molecular weight excluding hydrogens is 296 g/mol. The van der Waals surface area contributed by atoms with Crippen LogP contribution in [0.2, 0.25) is 5.02 Å². The second kappa shape index (κ2) is 8.57. The Kier molecular flexibility index (Phi) is 6.44. The molecule has 3 nitrogen and oxygen atoms in total. The van der Waals surface area contributed by atoms with Gasteiger partial charge in [-0.15, -0.1) is 0 Å². The molecule has 0 heterocycles. The van der Waals surface area contributed by atoms with Gasteiger partial charge in [0.2, 0.25) is 5.91 Å². The van der Waals surface area contributed by atoms with E-state index in [1.165, 1.54) is 11.1 Å². The Hall–Kier alpha value is -1.84. The summed E-state index contributed by atoms with van der Waals surface area (Å²) < 4.78 is 0. The van der Waals surface area contributed by atoms with E-state index < -0.39 is 0 Å². The van der Waals surface area contributed by atoms with Gasteiger partial charge in [0.05, 0.1) is 0 Å². The zero-order chi connectivity index (χ0) is 15.8. The van der Waals surface area contributed by atoms with Gasteiger partial charge in [-0.25, -0.2) is 0 Å². The SMILES string of the molecule is Cc1cccc(CNCCC(=O)NCc2ccccc2Cl)c1. The van der Waals surface area contributed by atoms with Crippen molar-refractivity contribution in [2.75, 3.05) is 6.54 Å². The van der Waals surface area contributed by atoms with Crippen molar-refractivity contribution in [1.29, 1.82) is 0 Å². The summed E-state index contributed by atoms with van der Waals surface area (Å²) >= 11 is 6.05. The van der Waals surface area contributed by atoms with Crippen LogP contribution < -0.4 is 10.6 Å². The fraction of sp³-hybridized carbons (Fsp3) is 0.278. The van der Waals surface area contributed by atoms with Gasteiger partial charge in [-0.05, 0) is 24.1 Å². The quantitative estimate of drug-likeness (QED) is 0.768. The molecule has 0 spiro atoms. The van der Waals surface area contributed by atoms with Crippen molar-refractivity contribution in [2.45, 2.75) is 26.4 Å². The molecule has 1 amide bonds. The van der Waals surface area contributed by atoms with Crippen LogP contribution in [0.5, 0.6) is 0 Å². The lowest BCUT2D eigenvalue weighted by Crippen LogP contribution is -2.27. The minimum Gasteiger partial charge on any atom is -0.352 e. The third kappa shape index (κ3) is 5.51. The van der Waals surface area contributed by atoms with Crippen LogP contribution in [0.4, 0.5) is 0 Å². The summed E-state index contributed by atoms with van der Waals surface area (Å²) in [6.45, 7) is 3.98. The van der Waals surface area contributed by atoms with Gasteiger partial charge in [0.15, 0.2) is 0 Å². The molecule has 0 unspecified atom stereocenters. The van der Waals surface area contributed by atoms with E-state index in [9.17, 15) is 4.79 Å². The first kappa shape index (κ1) is 16.5. The summed E-state index contributed by atoms with van der Waals surface area (Å²) in [6, 6.07) is 15.9. The van der Waals surface area contributed by atoms with Crippen molar-refractivity contribution in [3.05, 3.63) is 70.2 Å². The summed E-state index contributed by atoms with van der Waals surface area (Å²) in [7, 11) is 0. The van der Waals surface area contributed by atoms with Crippen LogP contribution in [0, 0.1) is 6.92 Å². The third-order valence-electron chi connectivity index (χ3n) is 3.37. The Morgan fingerprint density at radius 3 is 2.68 bits per heavy atom. The number of hydrogen-bond donors (Lipinski definition) is 2. The molecule has 0 radical (unpaired) electrons. The van der Waals surface area contributed by atoms with E-state index in [1.54, 1.807) is 0 Å². The summed E-state index contributed by atoms with van der Waals surface area (Å²) in [5, 5.41) is 6.85. The number of halogens is 1. The molecule has 0 saturated heterocycles. The molecule has 0 aliphatic heterocycles. The van der Waals surface area contributed by atoms with Gasteiger partial charge in [0.1, 0.15) is 0 Å². The molecule has 22 heavy (non-hydrogen) atoms. The van der Waals surface area contributed by atoms with Crippen molar-refractivity contribution in [2.24, 2.45) is 0 Å². The van der Waals surface area contributed by atoms with Gasteiger partial charge in [0.25, 0.3) is 0 Å². The molecule has 2 rings (SSSR count). The molecule has 0 aromatic heterocycles. The highest BCUT2D eigenvalue weighted by Crippen LogP contribution is 2.14. The maximum atomic E-state index is 11.8. The van der Waals surface area contributed by atoms with E-state index in [0.717, 1.165) is 12.1 Å². The van der Waals surface area contributed by atoms with Gasteiger partial charge in [0, 0.05) is 31.1 Å². The Morgan fingerprint density at radius 2 is 1.91 bits per heavy atom. The lowest BCUT2D eigenvalue weighted by molar-refractivity contribution is -0.121. The molecule has 0 bridgehead atoms. The summed E-state index contributed by atoms with van der Waals surface area (Å²) in [6.07, 6.45) is 0.455. The van der Waals surface area contributed by atoms with E-state index in [2.05, 4.69) is 35.8 Å². The Morgan fingerprint density at radius 1 is 1.09 bits per heavy atom. The molecule has 0 aliphatic carbocycles. The standard InChI is InChI=1S/C18H21ClN2O/c1-14-5-4-6-15(11-14)12-20-10-9-18(22)21-13-16-7-2-3-8-17(16)19/h2-8,11,20H,9-10,12-13H2,1H3,(H,21,22). The second-order valence-electron chi connectivity index (χ2n) is 5.28. The normalized spacial score (nSPS) is 10.5. The number of aryl methyl sites for hydroxylation is 1. The van der Waals surface area contributed by atoms with Crippen LogP contribution in [0.3, 0.4) is 0 Å². The van der Waals surface area contributed by atoms with E-state index in [0.29, 0.717) is 24.5 Å². The topological polar surface area (TPSA) is 41.1 Å². The molecule has 0 aliphatic rings. The zero-order valence-electron chi connectivity index (χ0n) is 12.7. The lowest BCUT2D eigenvalue weighted by Gasteiger charge is -2.08. The fourth-order valence-electron chi connectivity index (χ4n) is 2.18. The zero-order valence-corrected chi connectivity index (χ0v) is 13.5. The number of carbonyl (C=O) groups excluding carboxylic acids is 1. The molecule has 2 aromatic rings. The van der Waals surface area contributed by atoms with E-state index in [1.807, 2.05) is 30.3 Å². The lowest BCUT2D eigenvalue weighted by atomic mass is 10.1. The van der Waals surface area contributed by atoms with Crippen LogP contribution >= 0.6 is 11.6 Å². The Balaban J connectivity index is 1.65. The second-order valence-corrected chi connectivity index (χ2v) is 5.69. The molecule has 0 saturated carbocycles. The van der Waals surface area contributed by atoms with Crippen molar-refractivity contribution < 1.29 is 4.79 Å². The van der Waals surface area contributed by atoms with Gasteiger partial charge in [-0.1, -0.05) is 59.6 Å². The maximum absolute atomic E-state index is 11.8. The largest absolute Gasteiger partial charge is 0.352 e. The Labute approximate surface area is 136 Å². The smallest absolute Gasteiger partial charge is 0.221 e. The first-order chi connectivity index (χ1) is 10.6. The molecule has 2 N–H and O–H groups in total. The van der Waals surface area contributed by atoms with E-state index in [4.69, 9.17) is 11.6 Å². The summed E-state index contributed by atoms with van der Waals surface area (Å²) in [5.41, 5.74) is 3.42. The van der Waals surface area contributed by atoms with E-state index in [-0.39, 0.29) is 5.91 Å². The van der Waals surface area contributed by atoms with Crippen LogP contribution in [0.25, 0.3) is 0 Å². The van der Waals surface area contributed by atoms with Gasteiger partial charge in [-0.2, -0.15) is 0 Å². The highest BCUT2D eigenvalue weighted by atomic mass is 35.5. The number of hydrogen-bond acceptors (Lipinski definition) is 2. The first-order valence-corrected chi connectivity index (χ1v) is 7.79. The summed E-state index contributed by atoms with van der Waals surface area (Å²) in [5.74, 6) is 0.0247. The predicted octanol–water partition coefficient (Wildman–Crippen LogP) is 3.44. The average Bonchev–Trinajstić information content (AvgIpc) is 2.51. The highest BCUT2D eigenvalue weighted by Gasteiger charge is 2.03. The highest BCUT2D eigenvalue weighted by molar-refractivity contribution is 6.31. The van der Waals surface area contributed by atoms with Crippen molar-refractivity contribution in [1.82, 2.24) is 10.6 Å². The molecule has 116 valence electrons. The third-order valence-corrected chi connectivity index (χ3v) is 3.74. The van der Waals surface area contributed by atoms with Crippen molar-refractivity contribution in [3.8, 4) is 0 Å². The average molecular weight is 317 g/mol. The van der Waals surface area contributed by atoms with E-state index >= 15 is 0 Å². The monoisotopic (exact) mass is 316 g/mol. The number of carbonyl (C=O) groups is 1. The number of amides is 1. The molecule has 2 aromatic carbocycles. The number of rotatable bonds is 7. The summed E-state index contributed by atoms with van der Waals surface area (Å²) in [4.78, 5) is 11.8. The van der Waals surface area contributed by atoms with Crippen molar-refractivity contribution in [3.63, 3.8) is 0 Å². The van der Waals surface area contributed by atoms with Gasteiger partial charge < -0.3 is 10.6 Å².